The molecule has 0 aliphatic carbocycles. The molecule has 160 valence electrons. The van der Waals surface area contributed by atoms with Gasteiger partial charge in [0.15, 0.2) is 8.32 Å². The smallest absolute Gasteiger partial charge is 0.417 e. The first kappa shape index (κ1) is 23.4. The first-order chi connectivity index (χ1) is 13.5. The molecule has 29 heavy (non-hydrogen) atoms. The Hall–Kier alpha value is -1.92. The van der Waals surface area contributed by atoms with Gasteiger partial charge in [-0.25, -0.2) is 9.69 Å². The second kappa shape index (κ2) is 8.84. The fourth-order valence-corrected chi connectivity index (χ4v) is 6.97. The van der Waals surface area contributed by atoms with E-state index in [9.17, 15) is 9.59 Å². The van der Waals surface area contributed by atoms with Crippen molar-refractivity contribution in [1.82, 2.24) is 4.90 Å². The Labute approximate surface area is 176 Å². The number of hydrogen-bond acceptors (Lipinski definition) is 4. The van der Waals surface area contributed by atoms with E-state index in [1.807, 2.05) is 37.3 Å². The van der Waals surface area contributed by atoms with Gasteiger partial charge in [-0.2, -0.15) is 0 Å². The summed E-state index contributed by atoms with van der Waals surface area (Å²) >= 11 is 0. The lowest BCUT2D eigenvalue weighted by Crippen LogP contribution is -2.56. The molecule has 1 unspecified atom stereocenters. The summed E-state index contributed by atoms with van der Waals surface area (Å²) in [5, 5.41) is 0. The molecule has 0 spiro atoms. The summed E-state index contributed by atoms with van der Waals surface area (Å²) in [4.78, 5) is 26.8. The van der Waals surface area contributed by atoms with Gasteiger partial charge in [0.2, 0.25) is 0 Å². The van der Waals surface area contributed by atoms with Crippen molar-refractivity contribution in [2.45, 2.75) is 83.8 Å². The Morgan fingerprint density at radius 2 is 1.59 bits per heavy atom. The molecule has 2 atom stereocenters. The molecule has 0 bridgehead atoms. The van der Waals surface area contributed by atoms with E-state index >= 15 is 0 Å². The molecule has 2 rings (SSSR count). The van der Waals surface area contributed by atoms with E-state index < -0.39 is 31.7 Å². The molecule has 1 aromatic carbocycles. The maximum atomic E-state index is 12.9. The standard InChI is InChI=1S/C23H35NO4Si/c1-8-29(9-2,10-3)28-23(7,18-14-12-11-13-15-18)19-16-17-20(25)24(19)21(26)27-22(4,5)6/h11-17,19H,8-10H2,1-7H3/t19?,23-/m0/s1. The molecule has 1 aliphatic heterocycles. The molecule has 0 saturated heterocycles. The van der Waals surface area contributed by atoms with Gasteiger partial charge in [0.05, 0.1) is 6.04 Å². The zero-order valence-corrected chi connectivity index (χ0v) is 19.8. The number of rotatable bonds is 7. The van der Waals surface area contributed by atoms with Crippen molar-refractivity contribution in [3.05, 3.63) is 48.0 Å². The molecule has 0 aromatic heterocycles. The molecule has 1 aliphatic rings. The van der Waals surface area contributed by atoms with Crippen molar-refractivity contribution in [2.24, 2.45) is 0 Å². The molecule has 0 N–H and O–H groups in total. The van der Waals surface area contributed by atoms with Crippen LogP contribution >= 0.6 is 0 Å². The second-order valence-corrected chi connectivity index (χ2v) is 13.5. The Balaban J connectivity index is 2.54. The molecular weight excluding hydrogens is 382 g/mol. The maximum Gasteiger partial charge on any atom is 0.417 e. The molecular formula is C23H35NO4Si. The average molecular weight is 418 g/mol. The molecule has 0 radical (unpaired) electrons. The van der Waals surface area contributed by atoms with Gasteiger partial charge in [-0.05, 0) is 51.4 Å². The Morgan fingerprint density at radius 1 is 1.03 bits per heavy atom. The normalized spacial score (nSPS) is 19.3. The monoisotopic (exact) mass is 417 g/mol. The zero-order chi connectivity index (χ0) is 21.9. The van der Waals surface area contributed by atoms with Crippen LogP contribution in [0.5, 0.6) is 0 Å². The number of benzene rings is 1. The summed E-state index contributed by atoms with van der Waals surface area (Å²) in [7, 11) is -2.06. The molecule has 1 heterocycles. The predicted molar refractivity (Wildman–Crippen MR) is 118 cm³/mol. The van der Waals surface area contributed by atoms with Gasteiger partial charge in [-0.1, -0.05) is 57.2 Å². The number of nitrogens with zero attached hydrogens (tertiary/aromatic N) is 1. The highest BCUT2D eigenvalue weighted by Gasteiger charge is 2.50. The first-order valence-electron chi connectivity index (χ1n) is 10.5. The number of amides is 2. The average Bonchev–Trinajstić information content (AvgIpc) is 3.08. The van der Waals surface area contributed by atoms with Gasteiger partial charge in [-0.15, -0.1) is 0 Å². The topological polar surface area (TPSA) is 55.8 Å². The van der Waals surface area contributed by atoms with Gasteiger partial charge in [0, 0.05) is 6.08 Å². The number of carbonyl (C=O) groups excluding carboxylic acids is 2. The van der Waals surface area contributed by atoms with Crippen molar-refractivity contribution < 1.29 is 18.8 Å². The van der Waals surface area contributed by atoms with Gasteiger partial charge in [0.25, 0.3) is 5.91 Å². The van der Waals surface area contributed by atoms with E-state index in [1.165, 1.54) is 11.0 Å². The van der Waals surface area contributed by atoms with Crippen molar-refractivity contribution in [2.75, 3.05) is 0 Å². The fourth-order valence-electron chi connectivity index (χ4n) is 3.90. The van der Waals surface area contributed by atoms with Crippen LogP contribution in [-0.4, -0.2) is 36.9 Å². The SMILES string of the molecule is CC[Si](CC)(CC)O[C@@](C)(c1ccccc1)C1C=CC(=O)N1C(=O)OC(C)(C)C. The summed E-state index contributed by atoms with van der Waals surface area (Å²) in [6.07, 6.45) is 2.59. The quantitative estimate of drug-likeness (QED) is 0.540. The van der Waals surface area contributed by atoms with E-state index in [-0.39, 0.29) is 5.91 Å². The Kier molecular flexibility index (Phi) is 7.12. The van der Waals surface area contributed by atoms with Gasteiger partial charge in [-0.3, -0.25) is 4.79 Å². The minimum atomic E-state index is -2.06. The van der Waals surface area contributed by atoms with Crippen LogP contribution in [-0.2, 0) is 19.6 Å². The third-order valence-electron chi connectivity index (χ3n) is 5.80. The Bertz CT molecular complexity index is 744. The maximum absolute atomic E-state index is 12.9. The molecule has 2 amide bonds. The number of ether oxygens (including phenoxy) is 1. The van der Waals surface area contributed by atoms with E-state index in [4.69, 9.17) is 9.16 Å². The Morgan fingerprint density at radius 3 is 2.07 bits per heavy atom. The summed E-state index contributed by atoms with van der Waals surface area (Å²) in [5.41, 5.74) is -0.594. The third kappa shape index (κ3) is 4.98. The van der Waals surface area contributed by atoms with Crippen molar-refractivity contribution in [3.63, 3.8) is 0 Å². The summed E-state index contributed by atoms with van der Waals surface area (Å²) in [5.74, 6) is -0.369. The van der Waals surface area contributed by atoms with Gasteiger partial charge < -0.3 is 9.16 Å². The molecule has 0 saturated carbocycles. The summed E-state index contributed by atoms with van der Waals surface area (Å²) < 4.78 is 12.5. The van der Waals surface area contributed by atoms with E-state index in [0.717, 1.165) is 23.7 Å². The summed E-state index contributed by atoms with van der Waals surface area (Å²) in [6.45, 7) is 13.9. The highest BCUT2D eigenvalue weighted by Crippen LogP contribution is 2.41. The molecule has 5 nitrogen and oxygen atoms in total. The van der Waals surface area contributed by atoms with E-state index in [0.29, 0.717) is 0 Å². The van der Waals surface area contributed by atoms with Crippen LogP contribution in [0.15, 0.2) is 42.5 Å². The molecule has 0 fully saturated rings. The van der Waals surface area contributed by atoms with E-state index in [2.05, 4.69) is 20.8 Å². The van der Waals surface area contributed by atoms with Crippen molar-refractivity contribution in [1.29, 1.82) is 0 Å². The van der Waals surface area contributed by atoms with Crippen LogP contribution in [0, 0.1) is 0 Å². The number of imide groups is 1. The predicted octanol–water partition coefficient (Wildman–Crippen LogP) is 5.63. The summed E-state index contributed by atoms with van der Waals surface area (Å²) in [6, 6.07) is 12.2. The van der Waals surface area contributed by atoms with Gasteiger partial charge >= 0.3 is 6.09 Å². The first-order valence-corrected chi connectivity index (χ1v) is 13.0. The van der Waals surface area contributed by atoms with Crippen molar-refractivity contribution in [3.8, 4) is 0 Å². The van der Waals surface area contributed by atoms with E-state index in [1.54, 1.807) is 26.8 Å². The van der Waals surface area contributed by atoms with Crippen LogP contribution in [0.4, 0.5) is 4.79 Å². The lowest BCUT2D eigenvalue weighted by atomic mass is 9.88. The largest absolute Gasteiger partial charge is 0.443 e. The molecule has 6 heteroatoms. The number of carbonyl (C=O) groups is 2. The lowest BCUT2D eigenvalue weighted by Gasteiger charge is -2.45. The highest BCUT2D eigenvalue weighted by molar-refractivity contribution is 6.73. The minimum Gasteiger partial charge on any atom is -0.443 e. The van der Waals surface area contributed by atoms with Crippen LogP contribution in [0.3, 0.4) is 0 Å². The third-order valence-corrected chi connectivity index (χ3v) is 10.5. The molecule has 1 aromatic rings. The fraction of sp³-hybridized carbons (Fsp3) is 0.565. The van der Waals surface area contributed by atoms with Crippen LogP contribution < -0.4 is 0 Å². The zero-order valence-electron chi connectivity index (χ0n) is 18.8. The highest BCUT2D eigenvalue weighted by atomic mass is 28.4. The number of hydrogen-bond donors (Lipinski definition) is 0. The minimum absolute atomic E-state index is 0.369. The van der Waals surface area contributed by atoms with Gasteiger partial charge in [0.1, 0.15) is 11.2 Å². The van der Waals surface area contributed by atoms with Crippen LogP contribution in [0.25, 0.3) is 0 Å². The van der Waals surface area contributed by atoms with Crippen molar-refractivity contribution >= 4 is 20.3 Å². The van der Waals surface area contributed by atoms with Crippen LogP contribution in [0.2, 0.25) is 18.1 Å². The van der Waals surface area contributed by atoms with Crippen LogP contribution in [0.1, 0.15) is 54.0 Å². The second-order valence-electron chi connectivity index (χ2n) is 8.81. The lowest BCUT2D eigenvalue weighted by molar-refractivity contribution is -0.129.